The van der Waals surface area contributed by atoms with E-state index in [1.807, 2.05) is 91.5 Å². The molecule has 0 saturated heterocycles. The number of rotatable bonds is 12. The average molecular weight is 496 g/mol. The second-order valence-corrected chi connectivity index (χ2v) is 9.37. The van der Waals surface area contributed by atoms with Gasteiger partial charge in [0.1, 0.15) is 12.4 Å². The summed E-state index contributed by atoms with van der Waals surface area (Å²) in [6.45, 7) is 5.26. The average Bonchev–Trinajstić information content (AvgIpc) is 2.90. The first kappa shape index (κ1) is 26.4. The maximum absolute atomic E-state index is 13.4. The number of hydrogen-bond acceptors (Lipinski definition) is 4. The maximum Gasteiger partial charge on any atom is 0.229 e. The fraction of sp³-hybridized carbons (Fsp3) is 0.345. The molecule has 6 heteroatoms. The quantitative estimate of drug-likeness (QED) is 0.284. The van der Waals surface area contributed by atoms with E-state index < -0.39 is 5.41 Å². The Morgan fingerprint density at radius 1 is 0.857 bits per heavy atom. The minimum atomic E-state index is -0.666. The normalized spacial score (nSPS) is 11.1. The summed E-state index contributed by atoms with van der Waals surface area (Å²) < 4.78 is 16.8. The van der Waals surface area contributed by atoms with E-state index in [0.29, 0.717) is 37.6 Å². The summed E-state index contributed by atoms with van der Waals surface area (Å²) >= 11 is 6.15. The largest absolute Gasteiger partial charge is 0.493 e. The zero-order valence-electron chi connectivity index (χ0n) is 20.9. The molecule has 35 heavy (non-hydrogen) atoms. The minimum absolute atomic E-state index is 0.0172. The van der Waals surface area contributed by atoms with Crippen LogP contribution in [0.4, 0.5) is 0 Å². The maximum atomic E-state index is 13.4. The lowest BCUT2D eigenvalue weighted by Crippen LogP contribution is -2.42. The van der Waals surface area contributed by atoms with E-state index >= 15 is 0 Å². The molecule has 0 aliphatic rings. The number of carbonyl (C=O) groups excluding carboxylic acids is 1. The minimum Gasteiger partial charge on any atom is -0.493 e. The summed E-state index contributed by atoms with van der Waals surface area (Å²) in [5, 5.41) is 0. The first-order chi connectivity index (χ1) is 16.9. The van der Waals surface area contributed by atoms with Crippen molar-refractivity contribution in [3.63, 3.8) is 0 Å². The molecule has 0 radical (unpaired) electrons. The molecule has 0 spiro atoms. The summed E-state index contributed by atoms with van der Waals surface area (Å²) in [6.07, 6.45) is 0.675. The second-order valence-electron chi connectivity index (χ2n) is 9.11. The van der Waals surface area contributed by atoms with Crippen molar-refractivity contribution in [2.75, 3.05) is 26.6 Å². The summed E-state index contributed by atoms with van der Waals surface area (Å²) in [7, 11) is 3.23. The van der Waals surface area contributed by atoms with Gasteiger partial charge in [-0.15, -0.1) is 11.6 Å². The molecular weight excluding hydrogens is 462 g/mol. The van der Waals surface area contributed by atoms with Gasteiger partial charge >= 0.3 is 0 Å². The third kappa shape index (κ3) is 7.40. The summed E-state index contributed by atoms with van der Waals surface area (Å²) in [5.74, 6) is 2.39. The van der Waals surface area contributed by atoms with Gasteiger partial charge in [-0.2, -0.15) is 0 Å². The molecule has 0 aliphatic heterocycles. The van der Waals surface area contributed by atoms with E-state index in [0.717, 1.165) is 22.4 Å². The van der Waals surface area contributed by atoms with Gasteiger partial charge in [-0.05, 0) is 61.2 Å². The number of halogens is 1. The monoisotopic (exact) mass is 495 g/mol. The predicted octanol–water partition coefficient (Wildman–Crippen LogP) is 6.12. The fourth-order valence-electron chi connectivity index (χ4n) is 3.73. The highest BCUT2D eigenvalue weighted by Gasteiger charge is 2.31. The smallest absolute Gasteiger partial charge is 0.229 e. The highest BCUT2D eigenvalue weighted by atomic mass is 35.5. The Bertz CT molecular complexity index is 1100. The predicted molar refractivity (Wildman–Crippen MR) is 140 cm³/mol. The van der Waals surface area contributed by atoms with Crippen molar-refractivity contribution in [2.45, 2.75) is 33.4 Å². The van der Waals surface area contributed by atoms with E-state index in [1.165, 1.54) is 0 Å². The van der Waals surface area contributed by atoms with Gasteiger partial charge in [0.2, 0.25) is 5.91 Å². The molecule has 0 atom stereocenters. The number of methoxy groups -OCH3 is 2. The van der Waals surface area contributed by atoms with Crippen LogP contribution in [-0.2, 0) is 24.4 Å². The number of ether oxygens (including phenoxy) is 3. The van der Waals surface area contributed by atoms with Crippen LogP contribution in [0.1, 0.15) is 30.5 Å². The van der Waals surface area contributed by atoms with Gasteiger partial charge < -0.3 is 19.1 Å². The number of nitrogens with zero attached hydrogens (tertiary/aromatic N) is 1. The Kier molecular flexibility index (Phi) is 9.44. The van der Waals surface area contributed by atoms with Crippen molar-refractivity contribution in [1.29, 1.82) is 0 Å². The lowest BCUT2D eigenvalue weighted by Gasteiger charge is -2.31. The van der Waals surface area contributed by atoms with Gasteiger partial charge in [-0.25, -0.2) is 0 Å². The molecule has 0 bridgehead atoms. The molecular formula is C29H34ClNO4. The van der Waals surface area contributed by atoms with Crippen molar-refractivity contribution >= 4 is 17.5 Å². The number of benzene rings is 3. The molecule has 3 aromatic carbocycles. The molecule has 0 aromatic heterocycles. The van der Waals surface area contributed by atoms with Crippen molar-refractivity contribution in [2.24, 2.45) is 5.41 Å². The van der Waals surface area contributed by atoms with Crippen LogP contribution in [0, 0.1) is 5.41 Å². The summed E-state index contributed by atoms with van der Waals surface area (Å²) in [6, 6.07) is 23.8. The summed E-state index contributed by atoms with van der Waals surface area (Å²) in [5.41, 5.74) is 2.50. The number of hydrogen-bond donors (Lipinski definition) is 0. The Balaban J connectivity index is 1.74. The Hall–Kier alpha value is -3.18. The third-order valence-electron chi connectivity index (χ3n) is 5.84. The molecule has 0 heterocycles. The first-order valence-electron chi connectivity index (χ1n) is 11.7. The molecule has 186 valence electrons. The van der Waals surface area contributed by atoms with Crippen LogP contribution in [0.2, 0.25) is 0 Å². The lowest BCUT2D eigenvalue weighted by molar-refractivity contribution is -0.139. The van der Waals surface area contributed by atoms with Crippen LogP contribution in [0.3, 0.4) is 0 Å². The second kappa shape index (κ2) is 12.5. The Labute approximate surface area is 213 Å². The van der Waals surface area contributed by atoms with Crippen molar-refractivity contribution in [3.8, 4) is 17.2 Å². The van der Waals surface area contributed by atoms with Crippen molar-refractivity contribution < 1.29 is 19.0 Å². The van der Waals surface area contributed by atoms with Crippen LogP contribution < -0.4 is 14.2 Å². The van der Waals surface area contributed by atoms with E-state index in [4.69, 9.17) is 25.8 Å². The Morgan fingerprint density at radius 2 is 1.57 bits per heavy atom. The van der Waals surface area contributed by atoms with Gasteiger partial charge in [0.15, 0.2) is 11.5 Å². The van der Waals surface area contributed by atoms with Gasteiger partial charge in [0.05, 0.1) is 19.6 Å². The Morgan fingerprint density at radius 3 is 2.26 bits per heavy atom. The zero-order chi connectivity index (χ0) is 25.3. The van der Waals surface area contributed by atoms with E-state index in [1.54, 1.807) is 14.2 Å². The van der Waals surface area contributed by atoms with Gasteiger partial charge in [0.25, 0.3) is 0 Å². The molecule has 0 unspecified atom stereocenters. The summed E-state index contributed by atoms with van der Waals surface area (Å²) in [4.78, 5) is 15.3. The van der Waals surface area contributed by atoms with Crippen LogP contribution in [0.25, 0.3) is 0 Å². The van der Waals surface area contributed by atoms with E-state index in [-0.39, 0.29) is 11.8 Å². The van der Waals surface area contributed by atoms with E-state index in [9.17, 15) is 4.79 Å². The fourth-order valence-corrected chi connectivity index (χ4v) is 3.85. The molecule has 0 fully saturated rings. The molecule has 0 aliphatic carbocycles. The zero-order valence-corrected chi connectivity index (χ0v) is 21.7. The highest BCUT2D eigenvalue weighted by molar-refractivity contribution is 6.19. The molecule has 5 nitrogen and oxygen atoms in total. The number of carbonyl (C=O) groups is 1. The SMILES string of the molecule is COc1ccc(CCN(Cc2cccc(OCc3ccccc3)c2)C(=O)C(C)(C)CCl)cc1OC. The molecule has 0 saturated carbocycles. The lowest BCUT2D eigenvalue weighted by atomic mass is 9.93. The van der Waals surface area contributed by atoms with Gasteiger partial charge in [0, 0.05) is 19.0 Å². The van der Waals surface area contributed by atoms with Gasteiger partial charge in [-0.1, -0.05) is 48.5 Å². The standard InChI is InChI=1S/C29H34ClNO4/c1-29(2,21-30)28(32)31(16-15-22-13-14-26(33-3)27(18-22)34-4)19-24-11-8-12-25(17-24)35-20-23-9-6-5-7-10-23/h5-14,17-18H,15-16,19-21H2,1-4H3. The third-order valence-corrected chi connectivity index (χ3v) is 6.51. The van der Waals surface area contributed by atoms with Crippen LogP contribution in [0.5, 0.6) is 17.2 Å². The number of amides is 1. The topological polar surface area (TPSA) is 48.0 Å². The molecule has 3 rings (SSSR count). The van der Waals surface area contributed by atoms with Crippen LogP contribution >= 0.6 is 11.6 Å². The molecule has 3 aromatic rings. The number of alkyl halides is 1. The molecule has 1 amide bonds. The van der Waals surface area contributed by atoms with Crippen molar-refractivity contribution in [3.05, 3.63) is 89.5 Å². The van der Waals surface area contributed by atoms with Crippen molar-refractivity contribution in [1.82, 2.24) is 4.90 Å². The first-order valence-corrected chi connectivity index (χ1v) is 12.2. The van der Waals surface area contributed by atoms with E-state index in [2.05, 4.69) is 0 Å². The van der Waals surface area contributed by atoms with Gasteiger partial charge in [-0.3, -0.25) is 4.79 Å². The van der Waals surface area contributed by atoms with Crippen LogP contribution in [0.15, 0.2) is 72.8 Å². The highest BCUT2D eigenvalue weighted by Crippen LogP contribution is 2.28. The molecule has 0 N–H and O–H groups in total. The van der Waals surface area contributed by atoms with Crippen LogP contribution in [-0.4, -0.2) is 37.5 Å².